The minimum atomic E-state index is -0.962. The van der Waals surface area contributed by atoms with E-state index in [4.69, 9.17) is 9.47 Å². The third kappa shape index (κ3) is 2.64. The van der Waals surface area contributed by atoms with Crippen LogP contribution in [-0.4, -0.2) is 29.0 Å². The van der Waals surface area contributed by atoms with E-state index >= 15 is 0 Å². The Morgan fingerprint density at radius 1 is 1.48 bits per heavy atom. The Morgan fingerprint density at radius 2 is 2.32 bits per heavy atom. The van der Waals surface area contributed by atoms with Crippen molar-refractivity contribution in [1.82, 2.24) is 9.78 Å². The number of carbonyl (C=O) groups excluding carboxylic acids is 1. The van der Waals surface area contributed by atoms with Gasteiger partial charge in [0.05, 0.1) is 12.8 Å². The molecule has 1 unspecified atom stereocenters. The second-order valence-corrected chi connectivity index (χ2v) is 8.39. The third-order valence-electron chi connectivity index (χ3n) is 6.73. The van der Waals surface area contributed by atoms with Crippen LogP contribution in [0.5, 0.6) is 0 Å². The fraction of sp³-hybridized carbons (Fsp3) is 0.700. The largest absolute Gasteiger partial charge is 0.463 e. The predicted molar refractivity (Wildman–Crippen MR) is 93.7 cm³/mol. The van der Waals surface area contributed by atoms with Gasteiger partial charge in [-0.3, -0.25) is 4.68 Å². The molecule has 4 aliphatic rings. The fourth-order valence-corrected chi connectivity index (χ4v) is 4.91. The van der Waals surface area contributed by atoms with E-state index in [1.54, 1.807) is 10.9 Å². The molecule has 5 nitrogen and oxygen atoms in total. The van der Waals surface area contributed by atoms with Gasteiger partial charge in [0.2, 0.25) is 0 Å². The van der Waals surface area contributed by atoms with Crippen LogP contribution in [0.1, 0.15) is 51.5 Å². The molecule has 2 fully saturated rings. The lowest BCUT2D eigenvalue weighted by atomic mass is 9.48. The summed E-state index contributed by atoms with van der Waals surface area (Å²) in [6, 6.07) is 0. The summed E-state index contributed by atoms with van der Waals surface area (Å²) in [5, 5.41) is 4.19. The third-order valence-corrected chi connectivity index (χ3v) is 6.73. The monoisotopic (exact) mass is 344 g/mol. The van der Waals surface area contributed by atoms with Gasteiger partial charge in [0.25, 0.3) is 0 Å². The lowest BCUT2D eigenvalue weighted by Crippen LogP contribution is -2.48. The van der Waals surface area contributed by atoms with Crippen molar-refractivity contribution in [1.29, 1.82) is 0 Å². The molecule has 1 aromatic rings. The Labute approximate surface area is 149 Å². The van der Waals surface area contributed by atoms with Crippen LogP contribution < -0.4 is 0 Å². The molecule has 1 aliphatic heterocycles. The van der Waals surface area contributed by atoms with Crippen molar-refractivity contribution in [3.63, 3.8) is 0 Å². The van der Waals surface area contributed by atoms with Crippen molar-refractivity contribution in [2.75, 3.05) is 13.2 Å². The van der Waals surface area contributed by atoms with E-state index in [1.807, 2.05) is 13.2 Å². The molecule has 25 heavy (non-hydrogen) atoms. The van der Waals surface area contributed by atoms with E-state index in [2.05, 4.69) is 25.0 Å². The SMILES string of the molecule is Cn1cc(C2(C(=O)OCCC3=CC[C@H]4C[C@@H]3C4(C)C)CCCO2)cn1. The Morgan fingerprint density at radius 3 is 2.92 bits per heavy atom. The highest BCUT2D eigenvalue weighted by Crippen LogP contribution is 2.59. The van der Waals surface area contributed by atoms with Gasteiger partial charge >= 0.3 is 5.97 Å². The van der Waals surface area contributed by atoms with Gasteiger partial charge in [-0.05, 0) is 42.9 Å². The number of fused-ring (bicyclic) bond motifs is 1. The number of allylic oxidation sites excluding steroid dienone is 1. The van der Waals surface area contributed by atoms with Gasteiger partial charge < -0.3 is 9.47 Å². The number of esters is 1. The molecule has 0 aromatic carbocycles. The molecule has 136 valence electrons. The van der Waals surface area contributed by atoms with Gasteiger partial charge in [0.15, 0.2) is 5.60 Å². The minimum absolute atomic E-state index is 0.264. The summed E-state index contributed by atoms with van der Waals surface area (Å²) < 4.78 is 13.3. The van der Waals surface area contributed by atoms with E-state index in [0.717, 1.165) is 24.3 Å². The lowest BCUT2D eigenvalue weighted by Gasteiger charge is -2.56. The van der Waals surface area contributed by atoms with E-state index in [-0.39, 0.29) is 5.97 Å². The van der Waals surface area contributed by atoms with Crippen LogP contribution in [-0.2, 0) is 26.9 Å². The van der Waals surface area contributed by atoms with Crippen LogP contribution in [0.15, 0.2) is 24.0 Å². The zero-order valence-electron chi connectivity index (χ0n) is 15.5. The van der Waals surface area contributed by atoms with Crippen LogP contribution in [0, 0.1) is 17.3 Å². The van der Waals surface area contributed by atoms with Gasteiger partial charge in [0, 0.05) is 31.8 Å². The van der Waals surface area contributed by atoms with Crippen molar-refractivity contribution < 1.29 is 14.3 Å². The molecule has 1 aromatic heterocycles. The van der Waals surface area contributed by atoms with Crippen LogP contribution in [0.3, 0.4) is 0 Å². The van der Waals surface area contributed by atoms with E-state index < -0.39 is 5.60 Å². The Balaban J connectivity index is 1.39. The Kier molecular flexibility index (Phi) is 4.02. The number of ether oxygens (including phenoxy) is 2. The smallest absolute Gasteiger partial charge is 0.343 e. The Bertz CT molecular complexity index is 698. The predicted octanol–water partition coefficient (Wildman–Crippen LogP) is 3.35. The van der Waals surface area contributed by atoms with Gasteiger partial charge in [-0.15, -0.1) is 0 Å². The van der Waals surface area contributed by atoms with Gasteiger partial charge in [-0.1, -0.05) is 25.5 Å². The first-order chi connectivity index (χ1) is 11.9. The summed E-state index contributed by atoms with van der Waals surface area (Å²) in [4.78, 5) is 12.8. The zero-order valence-corrected chi connectivity index (χ0v) is 15.5. The first-order valence-corrected chi connectivity index (χ1v) is 9.43. The topological polar surface area (TPSA) is 53.4 Å². The first kappa shape index (κ1) is 16.8. The normalized spacial score (nSPS) is 32.8. The highest BCUT2D eigenvalue weighted by Gasteiger charge is 2.51. The molecule has 2 bridgehead atoms. The number of hydrogen-bond acceptors (Lipinski definition) is 4. The summed E-state index contributed by atoms with van der Waals surface area (Å²) in [6.07, 6.45) is 10.8. The number of nitrogens with zero attached hydrogens (tertiary/aromatic N) is 2. The number of hydrogen-bond donors (Lipinski definition) is 0. The van der Waals surface area contributed by atoms with E-state index in [0.29, 0.717) is 31.0 Å². The summed E-state index contributed by atoms with van der Waals surface area (Å²) in [5.74, 6) is 1.24. The quantitative estimate of drug-likeness (QED) is 0.607. The average molecular weight is 344 g/mol. The van der Waals surface area contributed by atoms with Gasteiger partial charge in [0.1, 0.15) is 0 Å². The molecule has 0 N–H and O–H groups in total. The maximum absolute atomic E-state index is 12.8. The van der Waals surface area contributed by atoms with Crippen LogP contribution in [0.2, 0.25) is 0 Å². The fourth-order valence-electron chi connectivity index (χ4n) is 4.91. The molecule has 5 rings (SSSR count). The maximum Gasteiger partial charge on any atom is 0.343 e. The van der Waals surface area contributed by atoms with Crippen molar-refractivity contribution in [2.45, 2.75) is 51.6 Å². The average Bonchev–Trinajstić information content (AvgIpc) is 3.24. The van der Waals surface area contributed by atoms with Crippen LogP contribution >= 0.6 is 0 Å². The second kappa shape index (κ2) is 5.97. The molecule has 0 spiro atoms. The van der Waals surface area contributed by atoms with Crippen molar-refractivity contribution >= 4 is 5.97 Å². The van der Waals surface area contributed by atoms with Crippen LogP contribution in [0.4, 0.5) is 0 Å². The first-order valence-electron chi connectivity index (χ1n) is 9.43. The number of aromatic nitrogens is 2. The minimum Gasteiger partial charge on any atom is -0.463 e. The molecule has 2 heterocycles. The summed E-state index contributed by atoms with van der Waals surface area (Å²) in [5.41, 5.74) is 1.73. The number of aryl methyl sites for hydroxylation is 1. The van der Waals surface area contributed by atoms with Crippen molar-refractivity contribution in [3.8, 4) is 0 Å². The summed E-state index contributed by atoms with van der Waals surface area (Å²) >= 11 is 0. The summed E-state index contributed by atoms with van der Waals surface area (Å²) in [7, 11) is 1.85. The highest BCUT2D eigenvalue weighted by atomic mass is 16.6. The molecule has 5 heteroatoms. The molecular formula is C20H28N2O3. The van der Waals surface area contributed by atoms with E-state index in [1.165, 1.54) is 18.4 Å². The highest BCUT2D eigenvalue weighted by molar-refractivity contribution is 5.81. The summed E-state index contributed by atoms with van der Waals surface area (Å²) in [6.45, 7) is 5.77. The van der Waals surface area contributed by atoms with Crippen molar-refractivity contribution in [2.24, 2.45) is 24.3 Å². The van der Waals surface area contributed by atoms with E-state index in [9.17, 15) is 4.79 Å². The van der Waals surface area contributed by atoms with Crippen LogP contribution in [0.25, 0.3) is 0 Å². The lowest BCUT2D eigenvalue weighted by molar-refractivity contribution is -0.168. The Hall–Kier alpha value is -1.62. The van der Waals surface area contributed by atoms with Gasteiger partial charge in [-0.25, -0.2) is 4.79 Å². The number of carbonyl (C=O) groups is 1. The standard InChI is InChI=1S/C20H28N2O3/c1-19(2)15-6-5-14(17(19)11-15)7-10-24-18(23)20(8-4-9-25-20)16-12-21-22(3)13-16/h5,12-13,15,17H,4,6-11H2,1-3H3/t15-,17-,20?/m0/s1. The molecule has 1 saturated carbocycles. The molecule has 0 radical (unpaired) electrons. The number of rotatable bonds is 5. The molecular weight excluding hydrogens is 316 g/mol. The zero-order chi connectivity index (χ0) is 17.7. The molecule has 0 amide bonds. The molecule has 1 saturated heterocycles. The van der Waals surface area contributed by atoms with Crippen molar-refractivity contribution in [3.05, 3.63) is 29.6 Å². The molecule has 3 atom stereocenters. The van der Waals surface area contributed by atoms with Gasteiger partial charge in [-0.2, -0.15) is 5.10 Å². The maximum atomic E-state index is 12.8. The molecule has 3 aliphatic carbocycles. The second-order valence-electron chi connectivity index (χ2n) is 8.39.